The first-order valence-corrected chi connectivity index (χ1v) is 8.18. The molecule has 2 aliphatic heterocycles. The first kappa shape index (κ1) is 14.4. The van der Waals surface area contributed by atoms with Gasteiger partial charge >= 0.3 is 0 Å². The van der Waals surface area contributed by atoms with E-state index in [-0.39, 0.29) is 0 Å². The predicted molar refractivity (Wildman–Crippen MR) is 88.7 cm³/mol. The van der Waals surface area contributed by atoms with Crippen molar-refractivity contribution in [3.63, 3.8) is 0 Å². The smallest absolute Gasteiger partial charge is 0.194 e. The zero-order valence-electron chi connectivity index (χ0n) is 13.7. The molecular weight excluding hydrogens is 258 g/mol. The Morgan fingerprint density at radius 3 is 2.62 bits per heavy atom. The summed E-state index contributed by atoms with van der Waals surface area (Å²) in [5, 5.41) is 3.65. The van der Waals surface area contributed by atoms with Gasteiger partial charge in [0, 0.05) is 6.54 Å². The van der Waals surface area contributed by atoms with E-state index in [9.17, 15) is 0 Å². The average molecular weight is 285 g/mol. The van der Waals surface area contributed by atoms with Crippen LogP contribution in [0, 0.1) is 19.8 Å². The number of hydrogen-bond acceptors (Lipinski definition) is 3. The summed E-state index contributed by atoms with van der Waals surface area (Å²) in [6.07, 6.45) is 2.63. The van der Waals surface area contributed by atoms with E-state index < -0.39 is 0 Å². The Morgan fingerprint density at radius 2 is 1.90 bits per heavy atom. The van der Waals surface area contributed by atoms with Crippen LogP contribution >= 0.6 is 0 Å². The molecule has 2 heterocycles. The number of guanidine groups is 1. The van der Waals surface area contributed by atoms with E-state index in [1.54, 1.807) is 0 Å². The molecule has 2 aliphatic rings. The molecule has 3 nitrogen and oxygen atoms in total. The molecule has 1 aromatic carbocycles. The fourth-order valence-electron chi connectivity index (χ4n) is 3.61. The van der Waals surface area contributed by atoms with E-state index in [2.05, 4.69) is 56.1 Å². The number of aliphatic imine (C=N–C) groups is 1. The second-order valence-corrected chi connectivity index (χ2v) is 6.94. The third-order valence-corrected chi connectivity index (χ3v) is 4.76. The molecule has 21 heavy (non-hydrogen) atoms. The minimum absolute atomic E-state index is 0.304. The highest BCUT2D eigenvalue weighted by Gasteiger charge is 2.33. The SMILES string of the molecule is Cc1cc(C)cc(C(C)NC2=NCC3CCC(C)CN23)c1. The maximum Gasteiger partial charge on any atom is 0.194 e. The first-order valence-electron chi connectivity index (χ1n) is 8.18. The van der Waals surface area contributed by atoms with Crippen LogP contribution in [0.15, 0.2) is 23.2 Å². The molecule has 1 aromatic rings. The molecule has 0 aromatic heterocycles. The van der Waals surface area contributed by atoms with Crippen molar-refractivity contribution in [1.82, 2.24) is 10.2 Å². The highest BCUT2D eigenvalue weighted by atomic mass is 15.4. The van der Waals surface area contributed by atoms with Crippen molar-refractivity contribution in [3.8, 4) is 0 Å². The zero-order chi connectivity index (χ0) is 15.0. The third-order valence-electron chi connectivity index (χ3n) is 4.76. The summed E-state index contributed by atoms with van der Waals surface area (Å²) in [5.74, 6) is 1.89. The fourth-order valence-corrected chi connectivity index (χ4v) is 3.61. The largest absolute Gasteiger partial charge is 0.350 e. The van der Waals surface area contributed by atoms with E-state index in [1.807, 2.05) is 0 Å². The maximum absolute atomic E-state index is 4.76. The van der Waals surface area contributed by atoms with E-state index in [1.165, 1.54) is 29.5 Å². The molecule has 0 aliphatic carbocycles. The number of nitrogens with zero attached hydrogens (tertiary/aromatic N) is 2. The second kappa shape index (κ2) is 5.70. The van der Waals surface area contributed by atoms with Crippen LogP contribution in [0.3, 0.4) is 0 Å². The molecule has 3 rings (SSSR count). The van der Waals surface area contributed by atoms with Gasteiger partial charge in [-0.15, -0.1) is 0 Å². The molecule has 3 atom stereocenters. The molecule has 114 valence electrons. The normalized spacial score (nSPS) is 26.3. The number of fused-ring (bicyclic) bond motifs is 1. The van der Waals surface area contributed by atoms with Gasteiger partial charge in [0.05, 0.1) is 18.6 Å². The minimum atomic E-state index is 0.304. The molecule has 3 heteroatoms. The molecule has 3 unspecified atom stereocenters. The summed E-state index contributed by atoms with van der Waals surface area (Å²) in [5.41, 5.74) is 4.01. The van der Waals surface area contributed by atoms with Crippen LogP contribution in [0.1, 0.15) is 49.4 Å². The molecule has 0 saturated carbocycles. The molecule has 1 N–H and O–H groups in total. The van der Waals surface area contributed by atoms with Gasteiger partial charge in [0.2, 0.25) is 0 Å². The molecular formula is C18H27N3. The topological polar surface area (TPSA) is 27.6 Å². The van der Waals surface area contributed by atoms with Gasteiger partial charge in [0.25, 0.3) is 0 Å². The van der Waals surface area contributed by atoms with Crippen molar-refractivity contribution in [2.24, 2.45) is 10.9 Å². The third kappa shape index (κ3) is 3.07. The minimum Gasteiger partial charge on any atom is -0.350 e. The van der Waals surface area contributed by atoms with Crippen molar-refractivity contribution in [2.45, 2.75) is 52.6 Å². The van der Waals surface area contributed by atoms with Gasteiger partial charge in [-0.05, 0) is 45.1 Å². The summed E-state index contributed by atoms with van der Waals surface area (Å²) in [4.78, 5) is 7.25. The van der Waals surface area contributed by atoms with E-state index in [0.29, 0.717) is 12.1 Å². The number of benzene rings is 1. The Bertz CT molecular complexity index is 529. The van der Waals surface area contributed by atoms with Gasteiger partial charge in [0.15, 0.2) is 5.96 Å². The highest BCUT2D eigenvalue weighted by molar-refractivity contribution is 5.82. The van der Waals surface area contributed by atoms with E-state index in [4.69, 9.17) is 4.99 Å². The van der Waals surface area contributed by atoms with Gasteiger partial charge in [-0.3, -0.25) is 4.99 Å². The quantitative estimate of drug-likeness (QED) is 0.901. The lowest BCUT2D eigenvalue weighted by atomic mass is 9.95. The monoisotopic (exact) mass is 285 g/mol. The molecule has 0 spiro atoms. The van der Waals surface area contributed by atoms with Gasteiger partial charge in [0.1, 0.15) is 0 Å². The Labute approximate surface area is 128 Å². The summed E-state index contributed by atoms with van der Waals surface area (Å²) in [6.45, 7) is 11.0. The van der Waals surface area contributed by atoms with Gasteiger partial charge in [-0.2, -0.15) is 0 Å². The van der Waals surface area contributed by atoms with Crippen LogP contribution in [0.5, 0.6) is 0 Å². The predicted octanol–water partition coefficient (Wildman–Crippen LogP) is 3.42. The summed E-state index contributed by atoms with van der Waals surface area (Å²) >= 11 is 0. The number of nitrogens with one attached hydrogen (secondary N) is 1. The van der Waals surface area contributed by atoms with Crippen LogP contribution in [-0.2, 0) is 0 Å². The maximum atomic E-state index is 4.76. The Hall–Kier alpha value is -1.51. The van der Waals surface area contributed by atoms with Crippen LogP contribution < -0.4 is 5.32 Å². The summed E-state index contributed by atoms with van der Waals surface area (Å²) in [6, 6.07) is 7.71. The number of aryl methyl sites for hydroxylation is 2. The fraction of sp³-hybridized carbons (Fsp3) is 0.611. The molecule has 0 bridgehead atoms. The van der Waals surface area contributed by atoms with Crippen molar-refractivity contribution >= 4 is 5.96 Å². The van der Waals surface area contributed by atoms with Crippen molar-refractivity contribution in [3.05, 3.63) is 34.9 Å². The highest BCUT2D eigenvalue weighted by Crippen LogP contribution is 2.26. The van der Waals surface area contributed by atoms with E-state index in [0.717, 1.165) is 25.0 Å². The number of piperidine rings is 1. The van der Waals surface area contributed by atoms with Gasteiger partial charge in [-0.25, -0.2) is 0 Å². The lowest BCUT2D eigenvalue weighted by Crippen LogP contribution is -2.48. The summed E-state index contributed by atoms with van der Waals surface area (Å²) < 4.78 is 0. The number of hydrogen-bond donors (Lipinski definition) is 1. The molecule has 0 radical (unpaired) electrons. The lowest BCUT2D eigenvalue weighted by Gasteiger charge is -2.36. The van der Waals surface area contributed by atoms with Crippen molar-refractivity contribution in [2.75, 3.05) is 13.1 Å². The molecule has 1 fully saturated rings. The molecule has 0 amide bonds. The Kier molecular flexibility index (Phi) is 3.92. The van der Waals surface area contributed by atoms with Crippen LogP contribution in [-0.4, -0.2) is 30.0 Å². The van der Waals surface area contributed by atoms with Gasteiger partial charge < -0.3 is 10.2 Å². The van der Waals surface area contributed by atoms with E-state index >= 15 is 0 Å². The molecule has 1 saturated heterocycles. The standard InChI is InChI=1S/C18H27N3/c1-12-5-6-17-10-19-18(21(17)11-12)20-15(4)16-8-13(2)7-14(3)9-16/h7-9,12,15,17H,5-6,10-11H2,1-4H3,(H,19,20). The van der Waals surface area contributed by atoms with Crippen LogP contribution in [0.25, 0.3) is 0 Å². The lowest BCUT2D eigenvalue weighted by molar-refractivity contribution is 0.210. The first-order chi connectivity index (χ1) is 10.0. The van der Waals surface area contributed by atoms with Crippen LogP contribution in [0.2, 0.25) is 0 Å². The van der Waals surface area contributed by atoms with Crippen molar-refractivity contribution < 1.29 is 0 Å². The number of rotatable bonds is 2. The van der Waals surface area contributed by atoms with Gasteiger partial charge in [-0.1, -0.05) is 36.2 Å². The van der Waals surface area contributed by atoms with Crippen molar-refractivity contribution in [1.29, 1.82) is 0 Å². The summed E-state index contributed by atoms with van der Waals surface area (Å²) in [7, 11) is 0. The Balaban J connectivity index is 1.71. The zero-order valence-corrected chi connectivity index (χ0v) is 13.7. The Morgan fingerprint density at radius 1 is 1.19 bits per heavy atom. The van der Waals surface area contributed by atoms with Crippen LogP contribution in [0.4, 0.5) is 0 Å². The average Bonchev–Trinajstić information content (AvgIpc) is 2.80. The second-order valence-electron chi connectivity index (χ2n) is 6.94.